The fourth-order valence-corrected chi connectivity index (χ4v) is 7.38. The van der Waals surface area contributed by atoms with E-state index < -0.39 is 0 Å². The van der Waals surface area contributed by atoms with Crippen molar-refractivity contribution in [2.24, 2.45) is 7.05 Å². The van der Waals surface area contributed by atoms with E-state index >= 15 is 0 Å². The molecule has 0 N–H and O–H groups in total. The Morgan fingerprint density at radius 2 is 1.18 bits per heavy atom. The Hall–Kier alpha value is -6.66. The fraction of sp³-hybridized carbons (Fsp3) is 0.0233. The van der Waals surface area contributed by atoms with E-state index in [1.807, 2.05) is 48.7 Å². The van der Waals surface area contributed by atoms with Crippen LogP contribution in [0.4, 0.5) is 0 Å². The Bertz CT molecular complexity index is 2880. The van der Waals surface area contributed by atoms with E-state index in [-0.39, 0.29) is 0 Å². The molecule has 0 unspecified atom stereocenters. The Kier molecular flexibility index (Phi) is 5.99. The number of fused-ring (bicyclic) bond motifs is 8. The van der Waals surface area contributed by atoms with Crippen LogP contribution in [0.5, 0.6) is 11.5 Å². The maximum atomic E-state index is 6.53. The molecule has 0 saturated heterocycles. The molecule has 0 aliphatic heterocycles. The third kappa shape index (κ3) is 4.21. The number of para-hydroxylation sites is 5. The van der Waals surface area contributed by atoms with Crippen molar-refractivity contribution in [3.8, 4) is 34.3 Å². The summed E-state index contributed by atoms with van der Waals surface area (Å²) in [5.41, 5.74) is 9.45. The Balaban J connectivity index is 1.13. The van der Waals surface area contributed by atoms with E-state index in [1.165, 1.54) is 5.39 Å². The molecule has 6 aromatic carbocycles. The predicted molar refractivity (Wildman–Crippen MR) is 199 cm³/mol. The first-order valence-corrected chi connectivity index (χ1v) is 16.4. The second kappa shape index (κ2) is 10.7. The van der Waals surface area contributed by atoms with Crippen LogP contribution >= 0.6 is 0 Å². The van der Waals surface area contributed by atoms with Crippen molar-refractivity contribution in [1.29, 1.82) is 0 Å². The lowest BCUT2D eigenvalue weighted by Gasteiger charge is -2.12. The third-order valence-corrected chi connectivity index (χ3v) is 9.52. The Morgan fingerprint density at radius 3 is 2.00 bits per heavy atom. The third-order valence-electron chi connectivity index (χ3n) is 9.52. The van der Waals surface area contributed by atoms with Crippen LogP contribution in [0.1, 0.15) is 0 Å². The summed E-state index contributed by atoms with van der Waals surface area (Å²) in [7, 11) is 2.05. The van der Waals surface area contributed by atoms with Crippen molar-refractivity contribution in [2.45, 2.75) is 0 Å². The van der Waals surface area contributed by atoms with E-state index in [0.717, 1.165) is 83.7 Å². The zero-order valence-electron chi connectivity index (χ0n) is 26.7. The van der Waals surface area contributed by atoms with Gasteiger partial charge >= 0.3 is 0 Å². The number of benzene rings is 6. The smallest absolute Gasteiger partial charge is 0.147 e. The Morgan fingerprint density at radius 1 is 0.531 bits per heavy atom. The summed E-state index contributed by atoms with van der Waals surface area (Å²) in [6.45, 7) is 0. The molecule has 0 aliphatic rings. The van der Waals surface area contributed by atoms with Gasteiger partial charge in [-0.25, -0.2) is 9.97 Å². The van der Waals surface area contributed by atoms with Crippen molar-refractivity contribution in [3.63, 3.8) is 0 Å². The van der Waals surface area contributed by atoms with E-state index in [0.29, 0.717) is 0 Å². The quantitative estimate of drug-likeness (QED) is 0.190. The van der Waals surface area contributed by atoms with Gasteiger partial charge in [0, 0.05) is 46.7 Å². The number of rotatable bonds is 5. The number of imidazole rings is 1. The van der Waals surface area contributed by atoms with Crippen LogP contribution in [-0.4, -0.2) is 23.7 Å². The first-order chi connectivity index (χ1) is 24.2. The molecule has 0 saturated carbocycles. The SMILES string of the molecule is Cn1c(-c2cccc(Oc3cccc(-n4c5ccccc5c5c4ncc4c6ccccc6n(-c6ccccc6)c45)c3)c2)nc2ccccc21. The second-order valence-corrected chi connectivity index (χ2v) is 12.4. The van der Waals surface area contributed by atoms with Crippen molar-refractivity contribution < 1.29 is 4.74 Å². The van der Waals surface area contributed by atoms with Gasteiger partial charge in [-0.15, -0.1) is 0 Å². The summed E-state index contributed by atoms with van der Waals surface area (Å²) in [6.07, 6.45) is 2.03. The first kappa shape index (κ1) is 27.5. The van der Waals surface area contributed by atoms with Gasteiger partial charge in [-0.1, -0.05) is 84.9 Å². The summed E-state index contributed by atoms with van der Waals surface area (Å²) in [5.74, 6) is 2.39. The molecule has 0 spiro atoms. The lowest BCUT2D eigenvalue weighted by molar-refractivity contribution is 0.482. The zero-order chi connectivity index (χ0) is 32.5. The minimum atomic E-state index is 0.741. The highest BCUT2D eigenvalue weighted by molar-refractivity contribution is 6.25. The van der Waals surface area contributed by atoms with Gasteiger partial charge in [-0.3, -0.25) is 4.57 Å². The molecule has 0 aliphatic carbocycles. The van der Waals surface area contributed by atoms with Gasteiger partial charge in [0.05, 0.1) is 38.7 Å². The highest BCUT2D eigenvalue weighted by atomic mass is 16.5. The molecule has 0 amide bonds. The molecule has 4 heterocycles. The molecular formula is C43H29N5O. The topological polar surface area (TPSA) is 49.8 Å². The standard InChI is InChI=1S/C43H29N5O/c1-46-39-24-10-7-21-36(39)45-42(46)28-13-11-17-31(25-28)49-32-18-12-16-30(26-32)48-38-23-9-6-20-34(38)40-41-35(27-44-43(40)48)33-19-5-8-22-37(33)47(41)29-14-3-2-4-15-29/h2-27H,1H3. The highest BCUT2D eigenvalue weighted by Gasteiger charge is 2.22. The molecule has 10 rings (SSSR count). The average molecular weight is 632 g/mol. The lowest BCUT2D eigenvalue weighted by atomic mass is 10.1. The van der Waals surface area contributed by atoms with Gasteiger partial charge in [0.15, 0.2) is 0 Å². The van der Waals surface area contributed by atoms with Gasteiger partial charge < -0.3 is 13.9 Å². The maximum Gasteiger partial charge on any atom is 0.147 e. The molecule has 6 nitrogen and oxygen atoms in total. The summed E-state index contributed by atoms with van der Waals surface area (Å²) in [5, 5.41) is 4.59. The minimum Gasteiger partial charge on any atom is -0.457 e. The monoisotopic (exact) mass is 631 g/mol. The number of aryl methyl sites for hydroxylation is 1. The first-order valence-electron chi connectivity index (χ1n) is 16.4. The number of hydrogen-bond donors (Lipinski definition) is 0. The van der Waals surface area contributed by atoms with Crippen molar-refractivity contribution >= 4 is 54.8 Å². The molecule has 0 bridgehead atoms. The minimum absolute atomic E-state index is 0.741. The number of pyridine rings is 1. The van der Waals surface area contributed by atoms with Crippen LogP contribution in [-0.2, 0) is 7.05 Å². The zero-order valence-corrected chi connectivity index (χ0v) is 26.7. The van der Waals surface area contributed by atoms with Gasteiger partial charge in [0.2, 0.25) is 0 Å². The number of nitrogens with zero attached hydrogens (tertiary/aromatic N) is 5. The Labute approximate surface area is 281 Å². The van der Waals surface area contributed by atoms with Gasteiger partial charge in [0.1, 0.15) is 23.0 Å². The predicted octanol–water partition coefficient (Wildman–Crippen LogP) is 10.6. The molecule has 6 heteroatoms. The normalized spacial score (nSPS) is 11.8. The number of aromatic nitrogens is 5. The van der Waals surface area contributed by atoms with E-state index in [1.54, 1.807) is 0 Å². The number of ether oxygens (including phenoxy) is 1. The van der Waals surface area contributed by atoms with Gasteiger partial charge in [-0.2, -0.15) is 0 Å². The van der Waals surface area contributed by atoms with Gasteiger partial charge in [0.25, 0.3) is 0 Å². The largest absolute Gasteiger partial charge is 0.457 e. The molecule has 0 atom stereocenters. The van der Waals surface area contributed by atoms with Crippen LogP contribution in [0.2, 0.25) is 0 Å². The van der Waals surface area contributed by atoms with Crippen molar-refractivity contribution in [3.05, 3.63) is 158 Å². The van der Waals surface area contributed by atoms with E-state index in [2.05, 4.69) is 130 Å². The van der Waals surface area contributed by atoms with Crippen LogP contribution in [0.25, 0.3) is 77.5 Å². The molecule has 10 aromatic rings. The van der Waals surface area contributed by atoms with E-state index in [4.69, 9.17) is 14.7 Å². The van der Waals surface area contributed by atoms with Crippen molar-refractivity contribution in [2.75, 3.05) is 0 Å². The molecule has 49 heavy (non-hydrogen) atoms. The maximum absolute atomic E-state index is 6.53. The summed E-state index contributed by atoms with van der Waals surface area (Å²) in [4.78, 5) is 10.1. The molecule has 0 fully saturated rings. The van der Waals surface area contributed by atoms with Crippen LogP contribution in [0.15, 0.2) is 158 Å². The summed E-state index contributed by atoms with van der Waals surface area (Å²) in [6, 6.07) is 52.3. The fourth-order valence-electron chi connectivity index (χ4n) is 7.38. The van der Waals surface area contributed by atoms with Crippen molar-refractivity contribution in [1.82, 2.24) is 23.7 Å². The average Bonchev–Trinajstić information content (AvgIpc) is 3.79. The molecule has 0 radical (unpaired) electrons. The lowest BCUT2D eigenvalue weighted by Crippen LogP contribution is -1.97. The van der Waals surface area contributed by atoms with Gasteiger partial charge in [-0.05, 0) is 60.7 Å². The highest BCUT2D eigenvalue weighted by Crippen LogP contribution is 2.41. The summed E-state index contributed by atoms with van der Waals surface area (Å²) < 4.78 is 13.3. The van der Waals surface area contributed by atoms with Crippen LogP contribution in [0, 0.1) is 0 Å². The molecule has 232 valence electrons. The molecule has 4 aromatic heterocycles. The van der Waals surface area contributed by atoms with Crippen LogP contribution < -0.4 is 4.74 Å². The van der Waals surface area contributed by atoms with Crippen LogP contribution in [0.3, 0.4) is 0 Å². The summed E-state index contributed by atoms with van der Waals surface area (Å²) >= 11 is 0. The molecular weight excluding hydrogens is 603 g/mol. The van der Waals surface area contributed by atoms with E-state index in [9.17, 15) is 0 Å². The number of hydrogen-bond acceptors (Lipinski definition) is 3. The second-order valence-electron chi connectivity index (χ2n) is 12.4.